The van der Waals surface area contributed by atoms with Crippen molar-refractivity contribution in [3.8, 4) is 0 Å². The number of carbonyl (C=O) groups excluding carboxylic acids is 1. The molecule has 0 aromatic heterocycles. The quantitative estimate of drug-likeness (QED) is 0.758. The van der Waals surface area contributed by atoms with E-state index in [1.165, 1.54) is 0 Å². The molecule has 2 unspecified atom stereocenters. The zero-order valence-corrected chi connectivity index (χ0v) is 11.7. The molecule has 2 aliphatic rings. The van der Waals surface area contributed by atoms with Crippen molar-refractivity contribution in [2.45, 2.75) is 52.5 Å². The van der Waals surface area contributed by atoms with Crippen LogP contribution in [0.3, 0.4) is 0 Å². The summed E-state index contributed by atoms with van der Waals surface area (Å²) in [6, 6.07) is 0. The van der Waals surface area contributed by atoms with Gasteiger partial charge in [-0.3, -0.25) is 4.79 Å². The molecule has 17 heavy (non-hydrogen) atoms. The van der Waals surface area contributed by atoms with E-state index in [1.807, 2.05) is 0 Å². The van der Waals surface area contributed by atoms with Crippen LogP contribution in [-0.4, -0.2) is 36.0 Å². The first-order chi connectivity index (χ1) is 7.83. The maximum absolute atomic E-state index is 12.5. The van der Waals surface area contributed by atoms with Gasteiger partial charge in [-0.15, -0.1) is 0 Å². The van der Waals surface area contributed by atoms with Crippen LogP contribution in [-0.2, 0) is 4.79 Å². The van der Waals surface area contributed by atoms with E-state index in [1.54, 1.807) is 0 Å². The Labute approximate surface area is 105 Å². The maximum atomic E-state index is 12.5. The highest BCUT2D eigenvalue weighted by molar-refractivity contribution is 5.86. The molecule has 2 fully saturated rings. The lowest BCUT2D eigenvalue weighted by molar-refractivity contribution is -0.136. The van der Waals surface area contributed by atoms with Gasteiger partial charge in [0.2, 0.25) is 5.91 Å². The third kappa shape index (κ3) is 2.49. The van der Waals surface area contributed by atoms with Gasteiger partial charge in [0.15, 0.2) is 0 Å². The fraction of sp³-hybridized carbons (Fsp3) is 0.929. The summed E-state index contributed by atoms with van der Waals surface area (Å²) in [5.74, 6) is 0.971. The molecular formula is C14H26N2O. The van der Waals surface area contributed by atoms with E-state index < -0.39 is 0 Å². The summed E-state index contributed by atoms with van der Waals surface area (Å²) < 4.78 is 0. The van der Waals surface area contributed by atoms with Gasteiger partial charge in [0.1, 0.15) is 0 Å². The topological polar surface area (TPSA) is 32.3 Å². The first-order valence-corrected chi connectivity index (χ1v) is 6.87. The minimum Gasteiger partial charge on any atom is -0.341 e. The van der Waals surface area contributed by atoms with Crippen LogP contribution in [0.25, 0.3) is 0 Å². The Balaban J connectivity index is 1.99. The van der Waals surface area contributed by atoms with Gasteiger partial charge in [-0.25, -0.2) is 0 Å². The number of hydrogen-bond donors (Lipinski definition) is 1. The zero-order valence-electron chi connectivity index (χ0n) is 11.7. The Kier molecular flexibility index (Phi) is 3.23. The minimum absolute atomic E-state index is 0.285. The summed E-state index contributed by atoms with van der Waals surface area (Å²) in [5, 5.41) is 3.37. The van der Waals surface area contributed by atoms with Crippen LogP contribution in [0.4, 0.5) is 0 Å². The van der Waals surface area contributed by atoms with Crippen LogP contribution in [0.1, 0.15) is 47.0 Å². The van der Waals surface area contributed by atoms with Crippen LogP contribution >= 0.6 is 0 Å². The number of rotatable bonds is 1. The van der Waals surface area contributed by atoms with Crippen molar-refractivity contribution in [1.82, 2.24) is 10.2 Å². The molecule has 0 aromatic rings. The van der Waals surface area contributed by atoms with E-state index >= 15 is 0 Å². The smallest absolute Gasteiger partial charge is 0.242 e. The first-order valence-electron chi connectivity index (χ1n) is 6.87. The molecule has 2 atom stereocenters. The number of hydrogen-bond acceptors (Lipinski definition) is 2. The molecule has 2 saturated heterocycles. The fourth-order valence-corrected chi connectivity index (χ4v) is 3.08. The highest BCUT2D eigenvalue weighted by Crippen LogP contribution is 2.35. The van der Waals surface area contributed by atoms with Crippen LogP contribution in [0, 0.1) is 11.3 Å². The highest BCUT2D eigenvalue weighted by Gasteiger charge is 2.42. The molecular weight excluding hydrogens is 212 g/mol. The third-order valence-electron chi connectivity index (χ3n) is 4.54. The summed E-state index contributed by atoms with van der Waals surface area (Å²) >= 11 is 0. The van der Waals surface area contributed by atoms with Gasteiger partial charge in [0.25, 0.3) is 0 Å². The summed E-state index contributed by atoms with van der Waals surface area (Å²) in [4.78, 5) is 14.6. The van der Waals surface area contributed by atoms with Crippen LogP contribution in [0.5, 0.6) is 0 Å². The Morgan fingerprint density at radius 1 is 1.41 bits per heavy atom. The lowest BCUT2D eigenvalue weighted by atomic mass is 9.80. The fourth-order valence-electron chi connectivity index (χ4n) is 3.08. The lowest BCUT2D eigenvalue weighted by Gasteiger charge is -2.31. The van der Waals surface area contributed by atoms with E-state index in [2.05, 4.69) is 37.9 Å². The molecule has 3 heteroatoms. The van der Waals surface area contributed by atoms with Gasteiger partial charge in [-0.2, -0.15) is 0 Å². The Hall–Kier alpha value is -0.570. The molecule has 0 aromatic carbocycles. The van der Waals surface area contributed by atoms with E-state index in [4.69, 9.17) is 0 Å². The molecule has 0 saturated carbocycles. The highest BCUT2D eigenvalue weighted by atomic mass is 16.2. The van der Waals surface area contributed by atoms with Crippen LogP contribution in [0.15, 0.2) is 0 Å². The third-order valence-corrected chi connectivity index (χ3v) is 4.54. The van der Waals surface area contributed by atoms with Crippen molar-refractivity contribution in [1.29, 1.82) is 0 Å². The van der Waals surface area contributed by atoms with Crippen LogP contribution < -0.4 is 5.32 Å². The number of likely N-dealkylation sites (tertiary alicyclic amines) is 1. The molecule has 0 aliphatic carbocycles. The standard InChI is InChI=1S/C14H26N2O/c1-13(2,3)11-6-9-16(10-11)12(17)14(4)7-5-8-15-14/h11,15H,5-10H2,1-4H3. The first kappa shape index (κ1) is 12.9. The van der Waals surface area contributed by atoms with Gasteiger partial charge in [-0.1, -0.05) is 20.8 Å². The normalized spacial score (nSPS) is 34.4. The van der Waals surface area contributed by atoms with E-state index in [-0.39, 0.29) is 5.54 Å². The Morgan fingerprint density at radius 2 is 2.12 bits per heavy atom. The van der Waals surface area contributed by atoms with Crippen molar-refractivity contribution in [2.24, 2.45) is 11.3 Å². The summed E-state index contributed by atoms with van der Waals surface area (Å²) in [6.07, 6.45) is 3.27. The number of amides is 1. The monoisotopic (exact) mass is 238 g/mol. The second-order valence-electron chi connectivity index (χ2n) is 6.97. The van der Waals surface area contributed by atoms with Crippen molar-refractivity contribution in [3.63, 3.8) is 0 Å². The summed E-state index contributed by atoms with van der Waals surface area (Å²) in [5.41, 5.74) is 0.0335. The zero-order chi connectivity index (χ0) is 12.7. The van der Waals surface area contributed by atoms with E-state index in [9.17, 15) is 4.79 Å². The second-order valence-corrected chi connectivity index (χ2v) is 6.97. The van der Waals surface area contributed by atoms with Gasteiger partial charge < -0.3 is 10.2 Å². The predicted octanol–water partition coefficient (Wildman–Crippen LogP) is 2.02. The molecule has 0 bridgehead atoms. The molecule has 98 valence electrons. The molecule has 1 amide bonds. The predicted molar refractivity (Wildman–Crippen MR) is 69.8 cm³/mol. The Morgan fingerprint density at radius 3 is 2.59 bits per heavy atom. The van der Waals surface area contributed by atoms with Gasteiger partial charge in [0.05, 0.1) is 5.54 Å². The van der Waals surface area contributed by atoms with Crippen molar-refractivity contribution >= 4 is 5.91 Å². The van der Waals surface area contributed by atoms with Gasteiger partial charge in [0, 0.05) is 13.1 Å². The van der Waals surface area contributed by atoms with E-state index in [0.717, 1.165) is 38.9 Å². The molecule has 2 heterocycles. The molecule has 0 spiro atoms. The Bertz CT molecular complexity index is 300. The lowest BCUT2D eigenvalue weighted by Crippen LogP contribution is -2.52. The number of nitrogens with one attached hydrogen (secondary N) is 1. The van der Waals surface area contributed by atoms with Crippen LogP contribution in [0.2, 0.25) is 0 Å². The summed E-state index contributed by atoms with van der Waals surface area (Å²) in [6.45, 7) is 11.8. The molecule has 1 N–H and O–H groups in total. The van der Waals surface area contributed by atoms with Crippen molar-refractivity contribution in [3.05, 3.63) is 0 Å². The van der Waals surface area contributed by atoms with Gasteiger partial charge in [-0.05, 0) is 44.1 Å². The molecule has 2 aliphatic heterocycles. The summed E-state index contributed by atoms with van der Waals surface area (Å²) in [7, 11) is 0. The molecule has 2 rings (SSSR count). The van der Waals surface area contributed by atoms with Gasteiger partial charge >= 0.3 is 0 Å². The molecule has 0 radical (unpaired) electrons. The minimum atomic E-state index is -0.285. The number of nitrogens with zero attached hydrogens (tertiary/aromatic N) is 1. The van der Waals surface area contributed by atoms with Crippen molar-refractivity contribution in [2.75, 3.05) is 19.6 Å². The number of carbonyl (C=O) groups is 1. The largest absolute Gasteiger partial charge is 0.341 e. The molecule has 3 nitrogen and oxygen atoms in total. The second kappa shape index (κ2) is 4.27. The van der Waals surface area contributed by atoms with Crippen molar-refractivity contribution < 1.29 is 4.79 Å². The average molecular weight is 238 g/mol. The maximum Gasteiger partial charge on any atom is 0.242 e. The SMILES string of the molecule is CC1(C(=O)N2CCC(C(C)(C)C)C2)CCCN1. The average Bonchev–Trinajstić information content (AvgIpc) is 2.84. The van der Waals surface area contributed by atoms with E-state index in [0.29, 0.717) is 17.2 Å².